The van der Waals surface area contributed by atoms with Crippen LogP contribution in [0.15, 0.2) is 121 Å². The second-order valence-electron chi connectivity index (χ2n) is 11.1. The lowest BCUT2D eigenvalue weighted by Gasteiger charge is -2.32. The van der Waals surface area contributed by atoms with Gasteiger partial charge >= 0.3 is 0 Å². The Kier molecular flexibility index (Phi) is 6.06. The highest BCUT2D eigenvalue weighted by molar-refractivity contribution is 6.42. The van der Waals surface area contributed by atoms with E-state index in [9.17, 15) is 19.2 Å². The van der Waals surface area contributed by atoms with Crippen LogP contribution in [0.3, 0.4) is 0 Å². The molecule has 7 nitrogen and oxygen atoms in total. The van der Waals surface area contributed by atoms with Gasteiger partial charge in [0.15, 0.2) is 0 Å². The monoisotopic (exact) mass is 588 g/mol. The van der Waals surface area contributed by atoms with Gasteiger partial charge in [0.1, 0.15) is 12.4 Å². The van der Waals surface area contributed by atoms with Gasteiger partial charge in [-0.1, -0.05) is 60.7 Å². The van der Waals surface area contributed by atoms with Crippen LogP contribution in [0.5, 0.6) is 5.75 Å². The van der Waals surface area contributed by atoms with Crippen LogP contribution in [0.4, 0.5) is 11.4 Å². The van der Waals surface area contributed by atoms with E-state index in [1.54, 1.807) is 60.7 Å². The van der Waals surface area contributed by atoms with Gasteiger partial charge in [0.25, 0.3) is 23.6 Å². The zero-order valence-electron chi connectivity index (χ0n) is 23.9. The maximum absolute atomic E-state index is 13.8. The van der Waals surface area contributed by atoms with E-state index in [0.29, 0.717) is 34.5 Å². The molecule has 0 spiro atoms. The molecule has 45 heavy (non-hydrogen) atoms. The summed E-state index contributed by atoms with van der Waals surface area (Å²) in [5.74, 6) is -1.46. The number of imide groups is 2. The summed E-state index contributed by atoms with van der Waals surface area (Å²) in [5, 5.41) is 0.663. The van der Waals surface area contributed by atoms with Crippen LogP contribution in [0, 0.1) is 0 Å². The normalized spacial score (nSPS) is 15.2. The zero-order valence-corrected chi connectivity index (χ0v) is 23.9. The molecule has 0 saturated heterocycles. The lowest BCUT2D eigenvalue weighted by molar-refractivity contribution is 0.0873. The van der Waals surface area contributed by atoms with Crippen LogP contribution >= 0.6 is 0 Å². The van der Waals surface area contributed by atoms with Crippen LogP contribution < -0.4 is 14.5 Å². The topological polar surface area (TPSA) is 84.0 Å². The number of hydrogen-bond donors (Lipinski definition) is 0. The van der Waals surface area contributed by atoms with Crippen molar-refractivity contribution in [2.24, 2.45) is 0 Å². The Balaban J connectivity index is 1.11. The van der Waals surface area contributed by atoms with E-state index >= 15 is 0 Å². The molecule has 1 aliphatic carbocycles. The predicted molar refractivity (Wildman–Crippen MR) is 172 cm³/mol. The number of carbonyl (C=O) groups is 4. The van der Waals surface area contributed by atoms with Gasteiger partial charge < -0.3 is 4.74 Å². The summed E-state index contributed by atoms with van der Waals surface area (Å²) in [6.45, 7) is 0.387. The van der Waals surface area contributed by atoms with Crippen molar-refractivity contribution in [2.45, 2.75) is 13.0 Å². The molecule has 2 aliphatic heterocycles. The third kappa shape index (κ3) is 4.20. The first-order chi connectivity index (χ1) is 22.0. The van der Waals surface area contributed by atoms with Gasteiger partial charge in [0.05, 0.1) is 11.4 Å². The van der Waals surface area contributed by atoms with Gasteiger partial charge in [-0.25, -0.2) is 9.80 Å². The lowest BCUT2D eigenvalue weighted by Crippen LogP contribution is -2.43. The maximum Gasteiger partial charge on any atom is 0.265 e. The Morgan fingerprint density at radius 1 is 0.556 bits per heavy atom. The summed E-state index contributed by atoms with van der Waals surface area (Å²) in [4.78, 5) is 57.5. The number of anilines is 2. The Bertz CT molecular complexity index is 2070. The Morgan fingerprint density at radius 2 is 1.04 bits per heavy atom. The highest BCUT2D eigenvalue weighted by Crippen LogP contribution is 2.40. The standard InChI is InChI=1S/C38H24N2O5/c41-35-29-18-20-31-34-32(38(44)40(37(31)43)27-14-16-28(17-15-27)45-22-23-6-2-1-3-7-23)21-19-30(33(29)34)36(42)39(35)26-12-10-25(11-13-26)24-8-4-5-9-24/h1-4,6-21H,5,22H2. The minimum absolute atomic E-state index is 0.255. The Morgan fingerprint density at radius 3 is 1.51 bits per heavy atom. The summed E-state index contributed by atoms with van der Waals surface area (Å²) in [5.41, 5.74) is 5.00. The van der Waals surface area contributed by atoms with Crippen molar-refractivity contribution in [1.82, 2.24) is 0 Å². The van der Waals surface area contributed by atoms with Gasteiger partial charge in [-0.3, -0.25) is 19.2 Å². The number of allylic oxidation sites excluding steroid dienone is 4. The number of carbonyl (C=O) groups excluding carboxylic acids is 4. The lowest BCUT2D eigenvalue weighted by atomic mass is 9.85. The average molecular weight is 589 g/mol. The van der Waals surface area contributed by atoms with Crippen molar-refractivity contribution in [2.75, 3.05) is 9.80 Å². The van der Waals surface area contributed by atoms with Gasteiger partial charge in [-0.2, -0.15) is 0 Å². The number of amides is 4. The summed E-state index contributed by atoms with van der Waals surface area (Å²) in [6, 6.07) is 30.1. The smallest absolute Gasteiger partial charge is 0.265 e. The zero-order chi connectivity index (χ0) is 30.7. The molecule has 5 aromatic carbocycles. The van der Waals surface area contributed by atoms with E-state index in [4.69, 9.17) is 4.74 Å². The molecule has 216 valence electrons. The largest absolute Gasteiger partial charge is 0.489 e. The molecule has 0 bridgehead atoms. The van der Waals surface area contributed by atoms with Crippen molar-refractivity contribution in [1.29, 1.82) is 0 Å². The number of nitrogens with zero attached hydrogens (tertiary/aromatic N) is 2. The van der Waals surface area contributed by atoms with Gasteiger partial charge in [-0.15, -0.1) is 0 Å². The molecule has 5 aromatic rings. The minimum Gasteiger partial charge on any atom is -0.489 e. The van der Waals surface area contributed by atoms with Gasteiger partial charge in [0.2, 0.25) is 0 Å². The number of benzene rings is 5. The van der Waals surface area contributed by atoms with Crippen LogP contribution in [0.2, 0.25) is 0 Å². The molecule has 4 amide bonds. The minimum atomic E-state index is -0.526. The van der Waals surface area contributed by atoms with Crippen LogP contribution in [0.1, 0.15) is 59.0 Å². The van der Waals surface area contributed by atoms with Crippen LogP contribution in [0.25, 0.3) is 16.3 Å². The Hall–Kier alpha value is -6.08. The first-order valence-corrected chi connectivity index (χ1v) is 14.6. The summed E-state index contributed by atoms with van der Waals surface area (Å²) < 4.78 is 5.86. The number of rotatable bonds is 6. The second-order valence-corrected chi connectivity index (χ2v) is 11.1. The van der Waals surface area contributed by atoms with E-state index in [2.05, 4.69) is 12.2 Å². The van der Waals surface area contributed by atoms with E-state index in [-0.39, 0.29) is 22.3 Å². The Labute approximate surface area is 258 Å². The van der Waals surface area contributed by atoms with Crippen molar-refractivity contribution < 1.29 is 23.9 Å². The van der Waals surface area contributed by atoms with Crippen LogP contribution in [-0.4, -0.2) is 23.6 Å². The van der Waals surface area contributed by atoms with Crippen LogP contribution in [-0.2, 0) is 6.61 Å². The van der Waals surface area contributed by atoms with Crippen molar-refractivity contribution >= 4 is 51.3 Å². The molecule has 0 unspecified atom stereocenters. The fraction of sp³-hybridized carbons (Fsp3) is 0.0526. The van der Waals surface area contributed by atoms with Crippen molar-refractivity contribution in [3.8, 4) is 5.75 Å². The maximum atomic E-state index is 13.8. The van der Waals surface area contributed by atoms with E-state index in [1.807, 2.05) is 48.5 Å². The molecule has 7 heteroatoms. The van der Waals surface area contributed by atoms with Crippen molar-refractivity contribution in [3.05, 3.63) is 155 Å². The third-order valence-electron chi connectivity index (χ3n) is 8.47. The van der Waals surface area contributed by atoms with E-state index < -0.39 is 23.6 Å². The predicted octanol–water partition coefficient (Wildman–Crippen LogP) is 7.36. The third-order valence-corrected chi connectivity index (χ3v) is 8.47. The molecular formula is C38H24N2O5. The molecule has 0 radical (unpaired) electrons. The van der Waals surface area contributed by atoms with Gasteiger partial charge in [-0.05, 0) is 83.8 Å². The molecule has 0 atom stereocenters. The molecule has 0 fully saturated rings. The molecule has 3 aliphatic rings. The molecule has 0 aromatic heterocycles. The molecular weight excluding hydrogens is 564 g/mol. The van der Waals surface area contributed by atoms with Crippen molar-refractivity contribution in [3.63, 3.8) is 0 Å². The highest BCUT2D eigenvalue weighted by atomic mass is 16.5. The molecule has 2 heterocycles. The summed E-state index contributed by atoms with van der Waals surface area (Å²) in [6.07, 6.45) is 7.11. The van der Waals surface area contributed by atoms with E-state index in [1.165, 1.54) is 0 Å². The number of hydrogen-bond acceptors (Lipinski definition) is 5. The quantitative estimate of drug-likeness (QED) is 0.194. The second kappa shape index (κ2) is 10.3. The fourth-order valence-electron chi connectivity index (χ4n) is 6.25. The fourth-order valence-corrected chi connectivity index (χ4v) is 6.25. The summed E-state index contributed by atoms with van der Waals surface area (Å²) in [7, 11) is 0. The molecule has 0 N–H and O–H groups in total. The number of ether oxygens (including phenoxy) is 1. The average Bonchev–Trinajstić information content (AvgIpc) is 3.62. The molecule has 8 rings (SSSR count). The molecule has 0 saturated carbocycles. The first-order valence-electron chi connectivity index (χ1n) is 14.6. The first kappa shape index (κ1) is 26.5. The SMILES string of the molecule is O=C1c2ccc3c4c(ccc(c24)C(=O)N1c1ccc(OCc2ccccc2)cc1)C(=O)N(c1ccc(C2=CCC=C2)cc1)C3=O. The van der Waals surface area contributed by atoms with E-state index in [0.717, 1.165) is 32.9 Å². The highest BCUT2D eigenvalue weighted by Gasteiger charge is 2.40. The van der Waals surface area contributed by atoms with Gasteiger partial charge in [0, 0.05) is 33.0 Å². The summed E-state index contributed by atoms with van der Waals surface area (Å²) >= 11 is 0.